The minimum atomic E-state index is 0.347. The molecule has 3 aromatic heterocycles. The van der Waals surface area contributed by atoms with Gasteiger partial charge in [-0.2, -0.15) is 16.4 Å². The maximum absolute atomic E-state index is 4.68. The zero-order valence-electron chi connectivity index (χ0n) is 12.6. The van der Waals surface area contributed by atoms with E-state index in [1.807, 2.05) is 29.3 Å². The number of hydrogen-bond acceptors (Lipinski definition) is 4. The quantitative estimate of drug-likeness (QED) is 0.743. The Morgan fingerprint density at radius 3 is 3.05 bits per heavy atom. The molecule has 0 N–H and O–H groups in total. The summed E-state index contributed by atoms with van der Waals surface area (Å²) in [5.41, 5.74) is 2.63. The highest BCUT2D eigenvalue weighted by atomic mass is 32.1. The van der Waals surface area contributed by atoms with Crippen LogP contribution in [-0.4, -0.2) is 30.8 Å². The molecule has 0 aromatic carbocycles. The third-order valence-electron chi connectivity index (χ3n) is 4.35. The second kappa shape index (κ2) is 5.70. The first-order valence-electron chi connectivity index (χ1n) is 7.58. The number of aromatic nitrogens is 4. The zero-order valence-corrected chi connectivity index (χ0v) is 13.4. The molecule has 0 bridgehead atoms. The van der Waals surface area contributed by atoms with Gasteiger partial charge in [0.25, 0.3) is 0 Å². The second-order valence-electron chi connectivity index (χ2n) is 5.74. The van der Waals surface area contributed by atoms with Crippen molar-refractivity contribution in [3.63, 3.8) is 0 Å². The number of rotatable bonds is 4. The van der Waals surface area contributed by atoms with E-state index in [9.17, 15) is 0 Å². The van der Waals surface area contributed by atoms with E-state index in [0.29, 0.717) is 6.04 Å². The molecule has 0 fully saturated rings. The van der Waals surface area contributed by atoms with Gasteiger partial charge in [-0.05, 0) is 35.4 Å². The Bertz CT molecular complexity index is 729. The van der Waals surface area contributed by atoms with Gasteiger partial charge < -0.3 is 4.57 Å². The molecule has 1 aliphatic heterocycles. The van der Waals surface area contributed by atoms with Gasteiger partial charge in [-0.25, -0.2) is 4.98 Å². The Labute approximate surface area is 133 Å². The maximum atomic E-state index is 4.68. The van der Waals surface area contributed by atoms with E-state index in [2.05, 4.69) is 43.3 Å². The SMILES string of the molecule is CC1c2ncc(Cn3cccn3)n2CCN1Cc1ccsc1. The number of imidazole rings is 1. The molecule has 3 aromatic rings. The Hall–Kier alpha value is -1.92. The van der Waals surface area contributed by atoms with Gasteiger partial charge in [-0.15, -0.1) is 0 Å². The molecule has 1 unspecified atom stereocenters. The van der Waals surface area contributed by atoms with E-state index in [1.165, 1.54) is 17.1 Å². The molecule has 1 atom stereocenters. The monoisotopic (exact) mass is 313 g/mol. The first kappa shape index (κ1) is 13.7. The minimum Gasteiger partial charge on any atom is -0.328 e. The van der Waals surface area contributed by atoms with Crippen molar-refractivity contribution < 1.29 is 0 Å². The topological polar surface area (TPSA) is 38.9 Å². The summed E-state index contributed by atoms with van der Waals surface area (Å²) in [5.74, 6) is 1.17. The van der Waals surface area contributed by atoms with Crippen LogP contribution in [0.4, 0.5) is 0 Å². The third kappa shape index (κ3) is 2.48. The molecule has 5 nitrogen and oxygen atoms in total. The van der Waals surface area contributed by atoms with E-state index in [4.69, 9.17) is 0 Å². The van der Waals surface area contributed by atoms with E-state index < -0.39 is 0 Å². The average Bonchev–Trinajstić information content (AvgIpc) is 3.25. The van der Waals surface area contributed by atoms with Crippen molar-refractivity contribution in [2.75, 3.05) is 6.54 Å². The van der Waals surface area contributed by atoms with Crippen LogP contribution in [0.15, 0.2) is 41.5 Å². The molecule has 0 amide bonds. The lowest BCUT2D eigenvalue weighted by atomic mass is 10.2. The maximum Gasteiger partial charge on any atom is 0.126 e. The fourth-order valence-corrected chi connectivity index (χ4v) is 3.78. The van der Waals surface area contributed by atoms with Crippen molar-refractivity contribution in [3.05, 3.63) is 58.6 Å². The van der Waals surface area contributed by atoms with Gasteiger partial charge in [-0.1, -0.05) is 0 Å². The van der Waals surface area contributed by atoms with E-state index in [1.54, 1.807) is 11.3 Å². The van der Waals surface area contributed by atoms with Crippen molar-refractivity contribution >= 4 is 11.3 Å². The van der Waals surface area contributed by atoms with Crippen molar-refractivity contribution in [2.24, 2.45) is 0 Å². The summed E-state index contributed by atoms with van der Waals surface area (Å²) in [6.45, 7) is 6.11. The molecule has 22 heavy (non-hydrogen) atoms. The normalized spacial score (nSPS) is 18.5. The van der Waals surface area contributed by atoms with Crippen LogP contribution in [0.2, 0.25) is 0 Å². The molecule has 6 heteroatoms. The zero-order chi connectivity index (χ0) is 14.9. The molecule has 0 saturated carbocycles. The summed E-state index contributed by atoms with van der Waals surface area (Å²) >= 11 is 1.76. The van der Waals surface area contributed by atoms with Crippen LogP contribution in [0.25, 0.3) is 0 Å². The lowest BCUT2D eigenvalue weighted by molar-refractivity contribution is 0.155. The molecular formula is C16H19N5S. The molecule has 0 aliphatic carbocycles. The van der Waals surface area contributed by atoms with Gasteiger partial charge in [0.2, 0.25) is 0 Å². The van der Waals surface area contributed by atoms with Crippen LogP contribution in [0.1, 0.15) is 30.0 Å². The third-order valence-corrected chi connectivity index (χ3v) is 5.08. The summed E-state index contributed by atoms with van der Waals surface area (Å²) < 4.78 is 4.31. The summed E-state index contributed by atoms with van der Waals surface area (Å²) in [6.07, 6.45) is 5.81. The van der Waals surface area contributed by atoms with Crippen LogP contribution in [-0.2, 0) is 19.6 Å². The molecule has 0 spiro atoms. The van der Waals surface area contributed by atoms with Gasteiger partial charge in [0.15, 0.2) is 0 Å². The van der Waals surface area contributed by atoms with Crippen molar-refractivity contribution in [1.29, 1.82) is 0 Å². The van der Waals surface area contributed by atoms with Crippen LogP contribution in [0.3, 0.4) is 0 Å². The summed E-state index contributed by atoms with van der Waals surface area (Å²) in [5, 5.41) is 8.67. The number of fused-ring (bicyclic) bond motifs is 1. The smallest absolute Gasteiger partial charge is 0.126 e. The van der Waals surface area contributed by atoms with Crippen LogP contribution >= 0.6 is 11.3 Å². The van der Waals surface area contributed by atoms with Crippen LogP contribution in [0, 0.1) is 0 Å². The predicted molar refractivity (Wildman–Crippen MR) is 86.7 cm³/mol. The Kier molecular flexibility index (Phi) is 3.56. The van der Waals surface area contributed by atoms with Gasteiger partial charge in [0.1, 0.15) is 5.82 Å². The number of thiophene rings is 1. The highest BCUT2D eigenvalue weighted by molar-refractivity contribution is 7.07. The molecule has 0 radical (unpaired) electrons. The van der Waals surface area contributed by atoms with Crippen molar-refractivity contribution in [1.82, 2.24) is 24.2 Å². The van der Waals surface area contributed by atoms with Crippen molar-refractivity contribution in [2.45, 2.75) is 32.6 Å². The average molecular weight is 313 g/mol. The lowest BCUT2D eigenvalue weighted by Crippen LogP contribution is -2.37. The van der Waals surface area contributed by atoms with Gasteiger partial charge in [-0.3, -0.25) is 9.58 Å². The van der Waals surface area contributed by atoms with Gasteiger partial charge in [0, 0.05) is 32.0 Å². The largest absolute Gasteiger partial charge is 0.328 e. The van der Waals surface area contributed by atoms with Crippen molar-refractivity contribution in [3.8, 4) is 0 Å². The van der Waals surface area contributed by atoms with Gasteiger partial charge in [0.05, 0.1) is 24.5 Å². The van der Waals surface area contributed by atoms with Crippen LogP contribution < -0.4 is 0 Å². The minimum absolute atomic E-state index is 0.347. The highest BCUT2D eigenvalue weighted by Gasteiger charge is 2.27. The van der Waals surface area contributed by atoms with E-state index >= 15 is 0 Å². The standard InChI is InChI=1S/C16H19N5S/c1-13-16-17-9-15(11-20-5-2-4-18-20)21(16)7-6-19(13)10-14-3-8-22-12-14/h2-5,8-9,12-13H,6-7,10-11H2,1H3. The summed E-state index contributed by atoms with van der Waals surface area (Å²) in [4.78, 5) is 7.18. The predicted octanol–water partition coefficient (Wildman–Crippen LogP) is 2.77. The summed E-state index contributed by atoms with van der Waals surface area (Å²) in [6, 6.07) is 4.51. The Morgan fingerprint density at radius 1 is 1.32 bits per heavy atom. The fraction of sp³-hybridized carbons (Fsp3) is 0.375. The highest BCUT2D eigenvalue weighted by Crippen LogP contribution is 2.27. The molecule has 4 heterocycles. The Balaban J connectivity index is 1.54. The lowest BCUT2D eigenvalue weighted by Gasteiger charge is -2.34. The number of hydrogen-bond donors (Lipinski definition) is 0. The molecular weight excluding hydrogens is 294 g/mol. The molecule has 4 rings (SSSR count). The molecule has 0 saturated heterocycles. The molecule has 1 aliphatic rings. The fourth-order valence-electron chi connectivity index (χ4n) is 3.12. The van der Waals surface area contributed by atoms with Crippen LogP contribution in [0.5, 0.6) is 0 Å². The first-order valence-corrected chi connectivity index (χ1v) is 8.52. The summed E-state index contributed by atoms with van der Waals surface area (Å²) in [7, 11) is 0. The van der Waals surface area contributed by atoms with E-state index in [0.717, 1.165) is 26.2 Å². The Morgan fingerprint density at radius 2 is 2.27 bits per heavy atom. The van der Waals surface area contributed by atoms with Gasteiger partial charge >= 0.3 is 0 Å². The van der Waals surface area contributed by atoms with E-state index in [-0.39, 0.29) is 0 Å². The first-order chi connectivity index (χ1) is 10.8. The number of nitrogens with zero attached hydrogens (tertiary/aromatic N) is 5. The second-order valence-corrected chi connectivity index (χ2v) is 6.52. The molecule has 114 valence electrons.